The molecule has 39 heavy (non-hydrogen) atoms. The zero-order valence-corrected chi connectivity index (χ0v) is 20.6. The van der Waals surface area contributed by atoms with Crippen molar-refractivity contribution < 1.29 is 35.2 Å². The van der Waals surface area contributed by atoms with E-state index in [9.17, 15) is 30.8 Å². The van der Waals surface area contributed by atoms with Crippen molar-refractivity contribution in [2.45, 2.75) is 11.1 Å². The topological polar surface area (TPSA) is 128 Å². The fraction of sp³-hybridized carbons (Fsp3) is 0.0800. The molecule has 4 rings (SSSR count). The number of fused-ring (bicyclic) bond motifs is 1. The standard InChI is InChI=1S/C25H18F5N5O3S/c1-32-10-14(9-31)13-8-17-18(12-34-24(17)33-11-13)23(36)21-19(26)6-7-20(22(21)27)35-39(37,38)16-4-2-15(3-5-16)25(28,29)30/h2-12,31-32,35H,1H3,(H,33,34)/b14-10+,31-9?. The number of ketones is 1. The van der Waals surface area contributed by atoms with Gasteiger partial charge < -0.3 is 15.7 Å². The van der Waals surface area contributed by atoms with E-state index in [1.165, 1.54) is 24.7 Å². The second-order valence-corrected chi connectivity index (χ2v) is 9.78. The summed E-state index contributed by atoms with van der Waals surface area (Å²) in [6.45, 7) is 0. The van der Waals surface area contributed by atoms with Crippen LogP contribution < -0.4 is 10.0 Å². The molecule has 0 fully saturated rings. The SMILES string of the molecule is CN/C=C(\C=N)c1cnc2[nH]cc(C(=O)c3c(F)ccc(NS(=O)(=O)c4ccc(C(F)(F)F)cc4)c3F)c2c1. The van der Waals surface area contributed by atoms with Gasteiger partial charge in [0.25, 0.3) is 10.0 Å². The lowest BCUT2D eigenvalue weighted by atomic mass is 10.00. The number of hydrogen-bond donors (Lipinski definition) is 4. The van der Waals surface area contributed by atoms with E-state index in [0.29, 0.717) is 41.5 Å². The van der Waals surface area contributed by atoms with Gasteiger partial charge in [0, 0.05) is 53.9 Å². The number of carbonyl (C=O) groups is 1. The summed E-state index contributed by atoms with van der Waals surface area (Å²) in [4.78, 5) is 19.6. The molecule has 0 aliphatic carbocycles. The highest BCUT2D eigenvalue weighted by Gasteiger charge is 2.31. The number of allylic oxidation sites excluding steroid dienone is 1. The van der Waals surface area contributed by atoms with Gasteiger partial charge in [-0.15, -0.1) is 0 Å². The molecule has 0 aliphatic heterocycles. The molecule has 0 spiro atoms. The van der Waals surface area contributed by atoms with E-state index in [1.807, 2.05) is 4.72 Å². The van der Waals surface area contributed by atoms with Crippen molar-refractivity contribution in [2.75, 3.05) is 11.8 Å². The molecule has 0 aliphatic rings. The number of benzene rings is 2. The van der Waals surface area contributed by atoms with Gasteiger partial charge in [-0.1, -0.05) is 0 Å². The van der Waals surface area contributed by atoms with Gasteiger partial charge in [-0.25, -0.2) is 22.2 Å². The molecule has 202 valence electrons. The van der Waals surface area contributed by atoms with Gasteiger partial charge in [0.15, 0.2) is 5.82 Å². The molecule has 14 heteroatoms. The van der Waals surface area contributed by atoms with E-state index in [4.69, 9.17) is 5.41 Å². The summed E-state index contributed by atoms with van der Waals surface area (Å²) in [7, 11) is -2.99. The van der Waals surface area contributed by atoms with Crippen LogP contribution in [0.15, 0.2) is 66.0 Å². The number of nitrogens with one attached hydrogen (secondary N) is 4. The molecule has 4 aromatic rings. The highest BCUT2D eigenvalue weighted by Crippen LogP contribution is 2.31. The Kier molecular flexibility index (Phi) is 7.24. The molecule has 2 heterocycles. The van der Waals surface area contributed by atoms with Crippen molar-refractivity contribution in [3.63, 3.8) is 0 Å². The van der Waals surface area contributed by atoms with Crippen LogP contribution in [-0.4, -0.2) is 37.4 Å². The Morgan fingerprint density at radius 1 is 1.10 bits per heavy atom. The van der Waals surface area contributed by atoms with Crippen LogP contribution in [0.5, 0.6) is 0 Å². The maximum atomic E-state index is 15.4. The normalized spacial score (nSPS) is 12.4. The van der Waals surface area contributed by atoms with E-state index in [0.717, 1.165) is 12.3 Å². The zero-order valence-electron chi connectivity index (χ0n) is 19.8. The Morgan fingerprint density at radius 3 is 2.41 bits per heavy atom. The first-order valence-electron chi connectivity index (χ1n) is 11.0. The van der Waals surface area contributed by atoms with Crippen LogP contribution in [0.1, 0.15) is 27.0 Å². The van der Waals surface area contributed by atoms with Crippen molar-refractivity contribution in [1.29, 1.82) is 5.41 Å². The van der Waals surface area contributed by atoms with Crippen molar-refractivity contribution >= 4 is 44.3 Å². The molecular formula is C25H18F5N5O3S. The number of hydrogen-bond acceptors (Lipinski definition) is 6. The average molecular weight is 564 g/mol. The molecule has 0 saturated heterocycles. The number of anilines is 1. The minimum absolute atomic E-state index is 0.173. The van der Waals surface area contributed by atoms with Gasteiger partial charge in [-0.05, 0) is 42.5 Å². The summed E-state index contributed by atoms with van der Waals surface area (Å²) < 4.78 is 95.7. The lowest BCUT2D eigenvalue weighted by molar-refractivity contribution is -0.137. The molecule has 0 amide bonds. The van der Waals surface area contributed by atoms with Crippen LogP contribution in [0.3, 0.4) is 0 Å². The Balaban J connectivity index is 1.72. The van der Waals surface area contributed by atoms with Gasteiger partial charge in [0.05, 0.1) is 21.7 Å². The number of rotatable bonds is 8. The van der Waals surface area contributed by atoms with Crippen molar-refractivity contribution in [2.24, 2.45) is 0 Å². The Hall–Kier alpha value is -4.59. The number of halogens is 5. The predicted molar refractivity (Wildman–Crippen MR) is 134 cm³/mol. The summed E-state index contributed by atoms with van der Waals surface area (Å²) in [5.41, 5.74) is -2.06. The lowest BCUT2D eigenvalue weighted by Gasteiger charge is -2.13. The number of pyridine rings is 1. The Morgan fingerprint density at radius 2 is 1.79 bits per heavy atom. The van der Waals surface area contributed by atoms with E-state index in [1.54, 1.807) is 7.05 Å². The quantitative estimate of drug-likeness (QED) is 0.135. The molecular weight excluding hydrogens is 545 g/mol. The van der Waals surface area contributed by atoms with Crippen LogP contribution in [0, 0.1) is 17.0 Å². The number of sulfonamides is 1. The van der Waals surface area contributed by atoms with Crippen LogP contribution in [0.4, 0.5) is 27.6 Å². The van der Waals surface area contributed by atoms with Crippen molar-refractivity contribution in [1.82, 2.24) is 15.3 Å². The maximum absolute atomic E-state index is 15.4. The Labute approximate surface area is 218 Å². The number of H-pyrrole nitrogens is 1. The van der Waals surface area contributed by atoms with Gasteiger partial charge in [0.1, 0.15) is 11.5 Å². The van der Waals surface area contributed by atoms with Gasteiger partial charge in [0.2, 0.25) is 5.78 Å². The summed E-state index contributed by atoms with van der Waals surface area (Å²) in [5.74, 6) is -3.92. The summed E-state index contributed by atoms with van der Waals surface area (Å²) in [5, 5.41) is 10.5. The van der Waals surface area contributed by atoms with Gasteiger partial charge >= 0.3 is 6.18 Å². The number of carbonyl (C=O) groups excluding carboxylic acids is 1. The van der Waals surface area contributed by atoms with Crippen molar-refractivity contribution in [3.05, 3.63) is 94.9 Å². The van der Waals surface area contributed by atoms with Gasteiger partial charge in [-0.2, -0.15) is 13.2 Å². The zero-order chi connectivity index (χ0) is 28.5. The lowest BCUT2D eigenvalue weighted by Crippen LogP contribution is -2.17. The third-order valence-electron chi connectivity index (χ3n) is 5.62. The first-order valence-corrected chi connectivity index (χ1v) is 12.4. The first kappa shape index (κ1) is 27.4. The number of aromatic amines is 1. The minimum atomic E-state index is -4.70. The molecule has 0 unspecified atom stereocenters. The number of nitrogens with zero attached hydrogens (tertiary/aromatic N) is 1. The maximum Gasteiger partial charge on any atom is 0.416 e. The smallest absolute Gasteiger partial charge is 0.393 e. The summed E-state index contributed by atoms with van der Waals surface area (Å²) in [6.07, 6.45) is 0.471. The fourth-order valence-electron chi connectivity index (χ4n) is 3.71. The molecule has 8 nitrogen and oxygen atoms in total. The molecule has 0 atom stereocenters. The van der Waals surface area contributed by atoms with Crippen molar-refractivity contribution in [3.8, 4) is 0 Å². The summed E-state index contributed by atoms with van der Waals surface area (Å²) >= 11 is 0. The largest absolute Gasteiger partial charge is 0.416 e. The van der Waals surface area contributed by atoms with Crippen LogP contribution in [-0.2, 0) is 16.2 Å². The third kappa shape index (κ3) is 5.36. The fourth-order valence-corrected chi connectivity index (χ4v) is 4.77. The Bertz CT molecular complexity index is 1730. The highest BCUT2D eigenvalue weighted by molar-refractivity contribution is 7.92. The average Bonchev–Trinajstić information content (AvgIpc) is 3.32. The van der Waals surface area contributed by atoms with Gasteiger partial charge in [-0.3, -0.25) is 9.52 Å². The van der Waals surface area contributed by atoms with E-state index >= 15 is 4.39 Å². The second kappa shape index (κ2) is 10.3. The molecule has 0 saturated carbocycles. The van der Waals surface area contributed by atoms with Crippen LogP contribution >= 0.6 is 0 Å². The second-order valence-electron chi connectivity index (χ2n) is 8.10. The van der Waals surface area contributed by atoms with Crippen LogP contribution in [0.2, 0.25) is 0 Å². The molecule has 0 bridgehead atoms. The molecule has 4 N–H and O–H groups in total. The molecule has 2 aromatic carbocycles. The first-order chi connectivity index (χ1) is 18.4. The van der Waals surface area contributed by atoms with Crippen LogP contribution in [0.25, 0.3) is 16.6 Å². The third-order valence-corrected chi connectivity index (χ3v) is 7.00. The minimum Gasteiger partial charge on any atom is -0.393 e. The number of aromatic nitrogens is 2. The predicted octanol–water partition coefficient (Wildman–Crippen LogP) is 5.10. The van der Waals surface area contributed by atoms with E-state index < -0.39 is 55.3 Å². The molecule has 2 aromatic heterocycles. The highest BCUT2D eigenvalue weighted by atomic mass is 32.2. The summed E-state index contributed by atoms with van der Waals surface area (Å²) in [6, 6.07) is 5.37. The number of alkyl halides is 3. The molecule has 0 radical (unpaired) electrons. The van der Waals surface area contributed by atoms with E-state index in [-0.39, 0.29) is 16.6 Å². The monoisotopic (exact) mass is 563 g/mol. The van der Waals surface area contributed by atoms with E-state index in [2.05, 4.69) is 15.3 Å².